The van der Waals surface area contributed by atoms with E-state index >= 15 is 0 Å². The molecule has 1 aromatic rings. The number of carbonyl (C=O) groups excluding carboxylic acids is 1. The van der Waals surface area contributed by atoms with Crippen molar-refractivity contribution >= 4 is 17.4 Å². The SMILES string of the molecule is CC(=O)c1ccc(Cl)c(OC(F)(F)F)c1C#N. The first-order valence-corrected chi connectivity index (χ1v) is 4.63. The third-order valence-electron chi connectivity index (χ3n) is 1.82. The number of ketones is 1. The lowest BCUT2D eigenvalue weighted by Gasteiger charge is -2.13. The van der Waals surface area contributed by atoms with Gasteiger partial charge in [0.25, 0.3) is 0 Å². The number of halogens is 4. The Morgan fingerprint density at radius 2 is 2.06 bits per heavy atom. The van der Waals surface area contributed by atoms with Crippen LogP contribution in [0, 0.1) is 11.3 Å². The molecule has 0 heterocycles. The average Bonchev–Trinajstić information content (AvgIpc) is 2.18. The van der Waals surface area contributed by atoms with Crippen LogP contribution in [0.2, 0.25) is 5.02 Å². The lowest BCUT2D eigenvalue weighted by Crippen LogP contribution is -2.18. The van der Waals surface area contributed by atoms with Crippen LogP contribution in [-0.4, -0.2) is 12.1 Å². The fourth-order valence-electron chi connectivity index (χ4n) is 1.18. The number of rotatable bonds is 2. The summed E-state index contributed by atoms with van der Waals surface area (Å²) in [5.74, 6) is -1.40. The van der Waals surface area contributed by atoms with E-state index in [4.69, 9.17) is 16.9 Å². The van der Waals surface area contributed by atoms with E-state index in [0.29, 0.717) is 0 Å². The van der Waals surface area contributed by atoms with Gasteiger partial charge in [-0.3, -0.25) is 4.79 Å². The standard InChI is InChI=1S/C10H5ClF3NO2/c1-5(16)6-2-3-8(11)9(7(6)4-15)17-10(12,13)14/h2-3H,1H3. The van der Waals surface area contributed by atoms with E-state index in [0.717, 1.165) is 13.0 Å². The lowest BCUT2D eigenvalue weighted by molar-refractivity contribution is -0.274. The minimum atomic E-state index is -4.98. The van der Waals surface area contributed by atoms with Crippen LogP contribution in [0.5, 0.6) is 5.75 Å². The van der Waals surface area contributed by atoms with Crippen LogP contribution < -0.4 is 4.74 Å². The van der Waals surface area contributed by atoms with Crippen molar-refractivity contribution in [2.45, 2.75) is 13.3 Å². The van der Waals surface area contributed by atoms with Gasteiger partial charge in [-0.15, -0.1) is 13.2 Å². The molecule has 7 heteroatoms. The van der Waals surface area contributed by atoms with Crippen LogP contribution in [0.25, 0.3) is 0 Å². The Morgan fingerprint density at radius 1 is 1.47 bits per heavy atom. The maximum atomic E-state index is 12.1. The van der Waals surface area contributed by atoms with Crippen LogP contribution in [0.3, 0.4) is 0 Å². The minimum absolute atomic E-state index is 0.170. The van der Waals surface area contributed by atoms with Gasteiger partial charge in [-0.1, -0.05) is 11.6 Å². The van der Waals surface area contributed by atoms with Gasteiger partial charge < -0.3 is 4.74 Å². The fraction of sp³-hybridized carbons (Fsp3) is 0.200. The summed E-state index contributed by atoms with van der Waals surface area (Å²) in [7, 11) is 0. The Bertz CT molecular complexity index is 505. The summed E-state index contributed by atoms with van der Waals surface area (Å²) in [6.45, 7) is 1.13. The molecular weight excluding hydrogens is 259 g/mol. The second kappa shape index (κ2) is 4.63. The molecule has 0 N–H and O–H groups in total. The first-order valence-electron chi connectivity index (χ1n) is 4.25. The number of ether oxygens (including phenoxy) is 1. The van der Waals surface area contributed by atoms with Crippen LogP contribution in [0.1, 0.15) is 22.8 Å². The van der Waals surface area contributed by atoms with Crippen molar-refractivity contribution < 1.29 is 22.7 Å². The van der Waals surface area contributed by atoms with E-state index in [9.17, 15) is 18.0 Å². The fourth-order valence-corrected chi connectivity index (χ4v) is 1.37. The van der Waals surface area contributed by atoms with E-state index in [1.54, 1.807) is 0 Å². The molecule has 0 fully saturated rings. The van der Waals surface area contributed by atoms with Crippen molar-refractivity contribution in [2.75, 3.05) is 0 Å². The molecule has 0 aliphatic heterocycles. The number of hydrogen-bond acceptors (Lipinski definition) is 3. The molecule has 1 aromatic carbocycles. The molecule has 90 valence electrons. The topological polar surface area (TPSA) is 50.1 Å². The second-order valence-corrected chi connectivity index (χ2v) is 3.42. The second-order valence-electron chi connectivity index (χ2n) is 3.01. The first-order chi connectivity index (χ1) is 7.76. The quantitative estimate of drug-likeness (QED) is 0.769. The molecule has 3 nitrogen and oxygen atoms in total. The zero-order valence-corrected chi connectivity index (χ0v) is 9.19. The largest absolute Gasteiger partial charge is 0.573 e. The highest BCUT2D eigenvalue weighted by atomic mass is 35.5. The molecule has 0 aliphatic rings. The molecule has 0 spiro atoms. The van der Waals surface area contributed by atoms with E-state index in [1.165, 1.54) is 12.1 Å². The van der Waals surface area contributed by atoms with Gasteiger partial charge in [0.1, 0.15) is 11.6 Å². The van der Waals surface area contributed by atoms with Gasteiger partial charge in [-0.25, -0.2) is 0 Å². The highest BCUT2D eigenvalue weighted by molar-refractivity contribution is 6.32. The minimum Gasteiger partial charge on any atom is -0.403 e. The summed E-state index contributed by atoms with van der Waals surface area (Å²) >= 11 is 5.50. The Morgan fingerprint density at radius 3 is 2.47 bits per heavy atom. The molecule has 0 saturated carbocycles. The Labute approximate surface area is 99.4 Å². The van der Waals surface area contributed by atoms with Crippen LogP contribution in [0.15, 0.2) is 12.1 Å². The number of carbonyl (C=O) groups is 1. The lowest BCUT2D eigenvalue weighted by atomic mass is 10.0. The summed E-state index contributed by atoms with van der Waals surface area (Å²) in [6, 6.07) is 3.72. The summed E-state index contributed by atoms with van der Waals surface area (Å²) in [4.78, 5) is 11.1. The van der Waals surface area contributed by atoms with Gasteiger partial charge >= 0.3 is 6.36 Å². The summed E-state index contributed by atoms with van der Waals surface area (Å²) in [5.41, 5.74) is -0.696. The Hall–Kier alpha value is -1.74. The maximum absolute atomic E-state index is 12.1. The molecule has 0 atom stereocenters. The molecule has 0 radical (unpaired) electrons. The van der Waals surface area contributed by atoms with Crippen LogP contribution >= 0.6 is 11.6 Å². The number of Topliss-reactive ketones (excluding diaryl/α,β-unsaturated/α-hetero) is 1. The first kappa shape index (κ1) is 13.3. The molecule has 0 amide bonds. The number of alkyl halides is 3. The molecule has 0 saturated heterocycles. The van der Waals surface area contributed by atoms with Crippen LogP contribution in [-0.2, 0) is 0 Å². The highest BCUT2D eigenvalue weighted by Gasteiger charge is 2.34. The number of nitrogens with zero attached hydrogens (tertiary/aromatic N) is 1. The van der Waals surface area contributed by atoms with Crippen molar-refractivity contribution in [3.8, 4) is 11.8 Å². The van der Waals surface area contributed by atoms with E-state index < -0.39 is 23.5 Å². The average molecular weight is 264 g/mol. The van der Waals surface area contributed by atoms with Gasteiger partial charge in [-0.05, 0) is 19.1 Å². The van der Waals surface area contributed by atoms with E-state index in [-0.39, 0.29) is 10.6 Å². The number of hydrogen-bond donors (Lipinski definition) is 0. The third-order valence-corrected chi connectivity index (χ3v) is 2.12. The number of nitriles is 1. The molecule has 17 heavy (non-hydrogen) atoms. The van der Waals surface area contributed by atoms with Gasteiger partial charge in [0, 0.05) is 5.56 Å². The molecule has 1 rings (SSSR count). The van der Waals surface area contributed by atoms with E-state index in [1.807, 2.05) is 0 Å². The van der Waals surface area contributed by atoms with Gasteiger partial charge in [0.05, 0.1) is 5.02 Å². The molecule has 0 aromatic heterocycles. The predicted molar refractivity (Wildman–Crippen MR) is 52.9 cm³/mol. The Kier molecular flexibility index (Phi) is 3.63. The van der Waals surface area contributed by atoms with Crippen molar-refractivity contribution in [2.24, 2.45) is 0 Å². The zero-order valence-electron chi connectivity index (χ0n) is 8.43. The van der Waals surface area contributed by atoms with Gasteiger partial charge in [-0.2, -0.15) is 5.26 Å². The Balaban J connectivity index is 3.42. The summed E-state index contributed by atoms with van der Waals surface area (Å²) < 4.78 is 39.9. The molecule has 0 unspecified atom stereocenters. The maximum Gasteiger partial charge on any atom is 0.573 e. The van der Waals surface area contributed by atoms with Crippen LogP contribution in [0.4, 0.5) is 13.2 Å². The smallest absolute Gasteiger partial charge is 0.403 e. The van der Waals surface area contributed by atoms with Gasteiger partial charge in [0.2, 0.25) is 0 Å². The van der Waals surface area contributed by atoms with Crippen molar-refractivity contribution in [1.82, 2.24) is 0 Å². The normalized spacial score (nSPS) is 10.8. The number of benzene rings is 1. The molecular formula is C10H5ClF3NO2. The summed E-state index contributed by atoms with van der Waals surface area (Å²) in [5, 5.41) is 8.38. The predicted octanol–water partition coefficient (Wildman–Crippen LogP) is 3.31. The third kappa shape index (κ3) is 3.11. The van der Waals surface area contributed by atoms with Crippen molar-refractivity contribution in [3.05, 3.63) is 28.3 Å². The van der Waals surface area contributed by atoms with Crippen molar-refractivity contribution in [3.63, 3.8) is 0 Å². The van der Waals surface area contributed by atoms with Crippen molar-refractivity contribution in [1.29, 1.82) is 5.26 Å². The van der Waals surface area contributed by atoms with Gasteiger partial charge in [0.15, 0.2) is 11.5 Å². The highest BCUT2D eigenvalue weighted by Crippen LogP contribution is 2.35. The van der Waals surface area contributed by atoms with E-state index in [2.05, 4.69) is 4.74 Å². The summed E-state index contributed by atoms with van der Waals surface area (Å²) in [6.07, 6.45) is -4.98. The molecule has 0 aliphatic carbocycles. The monoisotopic (exact) mass is 263 g/mol. The zero-order chi connectivity index (χ0) is 13.2. The molecule has 0 bridgehead atoms.